The van der Waals surface area contributed by atoms with E-state index in [1.54, 1.807) is 90.4 Å². The van der Waals surface area contributed by atoms with Crippen LogP contribution in [0.15, 0.2) is 203 Å². The van der Waals surface area contributed by atoms with Crippen molar-refractivity contribution in [3.63, 3.8) is 0 Å². The topological polar surface area (TPSA) is 159 Å². The van der Waals surface area contributed by atoms with Crippen molar-refractivity contribution in [3.8, 4) is 17.2 Å². The zero-order valence-corrected chi connectivity index (χ0v) is 55.4. The Kier molecular flexibility index (Phi) is 25.2. The average molecular weight is 1350 g/mol. The van der Waals surface area contributed by atoms with Crippen LogP contribution in [0.5, 0.6) is 17.2 Å². The maximum absolute atomic E-state index is 13.4. The van der Waals surface area contributed by atoms with Crippen molar-refractivity contribution in [3.05, 3.63) is 281 Å². The normalized spacial score (nSPS) is 15.6. The van der Waals surface area contributed by atoms with Crippen molar-refractivity contribution in [2.45, 2.75) is 121 Å². The summed E-state index contributed by atoms with van der Waals surface area (Å²) in [5, 5.41) is 30.9. The van der Waals surface area contributed by atoms with Gasteiger partial charge < -0.3 is 30.0 Å². The zero-order valence-electron chi connectivity index (χ0n) is 53.1. The quantitative estimate of drug-likeness (QED) is 0.130. The highest BCUT2D eigenvalue weighted by atomic mass is 35.5. The summed E-state index contributed by atoms with van der Waals surface area (Å²) in [5.74, 6) is 0.345. The number of amides is 3. The highest BCUT2D eigenvalue weighted by molar-refractivity contribution is 6.33. The number of benzene rings is 9. The van der Waals surface area contributed by atoms with Gasteiger partial charge in [-0.2, -0.15) is 0 Å². The third kappa shape index (κ3) is 17.2. The lowest BCUT2D eigenvalue weighted by atomic mass is 9.86. The molecule has 3 aliphatic heterocycles. The number of anilines is 3. The van der Waals surface area contributed by atoms with Gasteiger partial charge in [-0.15, -0.1) is 0 Å². The average Bonchev–Trinajstić information content (AvgIpc) is 1.62. The van der Waals surface area contributed by atoms with E-state index in [9.17, 15) is 29.7 Å². The molecule has 3 unspecified atom stereocenters. The van der Waals surface area contributed by atoms with Crippen molar-refractivity contribution in [1.82, 2.24) is 0 Å². The minimum atomic E-state index is -0.574. The Hall–Kier alpha value is -9.33. The second kappa shape index (κ2) is 31.9. The summed E-state index contributed by atoms with van der Waals surface area (Å²) >= 11 is 18.9. The smallest absolute Gasteiger partial charge is 0.251 e. The molecule has 12 rings (SSSR count). The number of benzodiazepines with no additional fused rings is 3. The maximum Gasteiger partial charge on any atom is 0.251 e. The number of halogens is 3. The molecule has 3 atom stereocenters. The summed E-state index contributed by atoms with van der Waals surface area (Å²) in [5.41, 5.74) is 18.5. The molecule has 9 aromatic carbocycles. The van der Waals surface area contributed by atoms with Crippen LogP contribution in [0, 0.1) is 27.7 Å². The summed E-state index contributed by atoms with van der Waals surface area (Å²) in [6, 6.07) is 56.2. The molecule has 0 spiro atoms. The van der Waals surface area contributed by atoms with E-state index < -0.39 is 18.1 Å². The number of hydrogen-bond acceptors (Lipinski definition) is 9. The fourth-order valence-electron chi connectivity index (χ4n) is 11.5. The number of aromatic hydroxyl groups is 3. The minimum absolute atomic E-state index is 0. The molecule has 0 aliphatic carbocycles. The van der Waals surface area contributed by atoms with Crippen molar-refractivity contribution >= 4 is 86.7 Å². The molecule has 3 aliphatic rings. The van der Waals surface area contributed by atoms with Gasteiger partial charge in [-0.25, -0.2) is 0 Å². The number of hydrogen-bond donors (Lipinski definition) is 3. The zero-order chi connectivity index (χ0) is 65.9. The Morgan fingerprint density at radius 3 is 1.07 bits per heavy atom. The molecule has 12 nitrogen and oxygen atoms in total. The molecule has 96 heavy (non-hydrogen) atoms. The maximum atomic E-state index is 13.4. The summed E-state index contributed by atoms with van der Waals surface area (Å²) in [6.45, 7) is 14.8. The molecule has 0 bridgehead atoms. The number of fused-ring (bicyclic) bond motifs is 3. The molecule has 0 fully saturated rings. The van der Waals surface area contributed by atoms with Gasteiger partial charge in [-0.1, -0.05) is 152 Å². The van der Waals surface area contributed by atoms with Crippen LogP contribution < -0.4 is 14.7 Å². The van der Waals surface area contributed by atoms with Crippen LogP contribution in [-0.4, -0.2) is 89.4 Å². The Balaban J connectivity index is 0.000000223. The lowest BCUT2D eigenvalue weighted by Gasteiger charge is -2.21. The standard InChI is InChI=1S/C27H27ClN2O2.2C25H23ClN2O2.4CH4/c1-27(2,3)19-9-5-17(6-10-19)15-23-26(32)30(4)24-14-11-20(28)16-22(24)25(29-23)18-7-12-21(31)13-8-18;1-15-4-5-17(12-16(15)2)13-22-25(30)28(3)23-11-8-19(26)14-21(23)24(27-22)18-6-9-20(29)10-7-18;1-15-4-5-16(2)18(12-15)13-22-25(30)28(3)23-11-8-19(26)14-21(23)24(27-22)17-6-9-20(29)10-7-17;;;;/h5-14,16,23,31H,15H2,1-4H3;2*4-12,14,22,29H,13H2,1-3H3;4*1H4. The predicted molar refractivity (Wildman–Crippen MR) is 402 cm³/mol. The molecule has 9 aromatic rings. The number of nitrogens with zero attached hydrogens (tertiary/aromatic N) is 6. The lowest BCUT2D eigenvalue weighted by Crippen LogP contribution is -2.36. The first-order valence-corrected chi connectivity index (χ1v) is 31.5. The second-order valence-electron chi connectivity index (χ2n) is 24.7. The van der Waals surface area contributed by atoms with E-state index in [2.05, 4.69) is 102 Å². The summed E-state index contributed by atoms with van der Waals surface area (Å²) in [6.07, 6.45) is 1.52. The van der Waals surface area contributed by atoms with E-state index in [4.69, 9.17) is 49.8 Å². The number of aliphatic imine (C=N–C) groups is 3. The van der Waals surface area contributed by atoms with Gasteiger partial charge in [0.2, 0.25) is 0 Å². The molecule has 500 valence electrons. The van der Waals surface area contributed by atoms with Crippen LogP contribution in [0.3, 0.4) is 0 Å². The number of rotatable bonds is 9. The minimum Gasteiger partial charge on any atom is -0.508 e. The molecule has 3 heterocycles. The Bertz CT molecular complexity index is 4370. The van der Waals surface area contributed by atoms with Gasteiger partial charge >= 0.3 is 0 Å². The van der Waals surface area contributed by atoms with E-state index in [0.717, 1.165) is 78.3 Å². The van der Waals surface area contributed by atoms with Gasteiger partial charge in [0.25, 0.3) is 17.7 Å². The van der Waals surface area contributed by atoms with Gasteiger partial charge in [-0.3, -0.25) is 29.4 Å². The first-order valence-electron chi connectivity index (χ1n) is 30.4. The number of carbonyl (C=O) groups excluding carboxylic acids is 3. The number of aryl methyl sites for hydroxylation is 4. The highest BCUT2D eigenvalue weighted by Crippen LogP contribution is 2.36. The van der Waals surface area contributed by atoms with Crippen LogP contribution in [0.1, 0.15) is 128 Å². The monoisotopic (exact) mass is 1350 g/mol. The van der Waals surface area contributed by atoms with Gasteiger partial charge in [0, 0.05) is 88.9 Å². The molecule has 3 amide bonds. The van der Waals surface area contributed by atoms with Crippen LogP contribution in [0.2, 0.25) is 15.1 Å². The Labute approximate surface area is 583 Å². The number of likely N-dealkylation sites (N-methyl/N-ethyl adjacent to an activating group) is 3. The van der Waals surface area contributed by atoms with Gasteiger partial charge in [0.15, 0.2) is 0 Å². The van der Waals surface area contributed by atoms with Gasteiger partial charge in [0.05, 0.1) is 34.2 Å². The van der Waals surface area contributed by atoms with E-state index in [-0.39, 0.29) is 70.1 Å². The number of phenols is 3. The Morgan fingerprint density at radius 1 is 0.385 bits per heavy atom. The third-order valence-electron chi connectivity index (χ3n) is 17.0. The largest absolute Gasteiger partial charge is 0.508 e. The van der Waals surface area contributed by atoms with E-state index in [0.29, 0.717) is 51.5 Å². The van der Waals surface area contributed by atoms with E-state index in [1.807, 2.05) is 79.7 Å². The van der Waals surface area contributed by atoms with Crippen molar-refractivity contribution < 1.29 is 29.7 Å². The van der Waals surface area contributed by atoms with Crippen LogP contribution in [-0.2, 0) is 39.1 Å². The molecule has 3 N–H and O–H groups in total. The molecular formula is C81H89Cl3N6O6. The number of phenolic OH excluding ortho intramolecular Hbond substituents is 3. The lowest BCUT2D eigenvalue weighted by molar-refractivity contribution is -0.120. The summed E-state index contributed by atoms with van der Waals surface area (Å²) in [7, 11) is 5.33. The van der Waals surface area contributed by atoms with E-state index in [1.165, 1.54) is 16.7 Å². The molecule has 0 radical (unpaired) electrons. The van der Waals surface area contributed by atoms with Crippen LogP contribution in [0.4, 0.5) is 17.1 Å². The SMILES string of the molecule is C.C.C.C.CN1C(=O)C(Cc2ccc(C(C)(C)C)cc2)N=C(c2ccc(O)cc2)c2cc(Cl)ccc21.Cc1ccc(C)c(CC2N=C(c3ccc(O)cc3)c3cc(Cl)ccc3N(C)C2=O)c1.Cc1ccc(CC2N=C(c3ccc(O)cc3)c3cc(Cl)ccc3N(C)C2=O)cc1C. The third-order valence-corrected chi connectivity index (χ3v) is 17.7. The fraction of sp³-hybridized carbons (Fsp3) is 0.259. The van der Waals surface area contributed by atoms with Crippen LogP contribution in [0.25, 0.3) is 0 Å². The van der Waals surface area contributed by atoms with Crippen molar-refractivity contribution in [2.75, 3.05) is 35.8 Å². The summed E-state index contributed by atoms with van der Waals surface area (Å²) < 4.78 is 0. The molecule has 15 heteroatoms. The van der Waals surface area contributed by atoms with Crippen molar-refractivity contribution in [1.29, 1.82) is 0 Å². The fourth-order valence-corrected chi connectivity index (χ4v) is 12.0. The Morgan fingerprint density at radius 2 is 0.719 bits per heavy atom. The van der Waals surface area contributed by atoms with Crippen molar-refractivity contribution in [2.24, 2.45) is 15.0 Å². The number of carbonyl (C=O) groups is 3. The molecular weight excluding hydrogens is 1260 g/mol. The summed E-state index contributed by atoms with van der Waals surface area (Å²) in [4.78, 5) is 59.9. The van der Waals surface area contributed by atoms with E-state index >= 15 is 0 Å². The van der Waals surface area contributed by atoms with Gasteiger partial charge in [0.1, 0.15) is 35.4 Å². The molecule has 0 saturated heterocycles. The molecule has 0 aromatic heterocycles. The second-order valence-corrected chi connectivity index (χ2v) is 26.0. The highest BCUT2D eigenvalue weighted by Gasteiger charge is 2.34. The first kappa shape index (κ1) is 75.7. The van der Waals surface area contributed by atoms with Crippen LogP contribution >= 0.6 is 34.8 Å². The molecule has 0 saturated carbocycles. The predicted octanol–water partition coefficient (Wildman–Crippen LogP) is 18.5. The van der Waals surface area contributed by atoms with Gasteiger partial charge in [-0.05, 0) is 199 Å². The first-order chi connectivity index (χ1) is 43.8.